The van der Waals surface area contributed by atoms with Crippen LogP contribution in [0.4, 0.5) is 5.69 Å². The number of aromatic carboxylic acids is 1. The minimum absolute atomic E-state index is 0.118. The first-order valence-corrected chi connectivity index (χ1v) is 6.16. The second-order valence-electron chi connectivity index (χ2n) is 3.85. The van der Waals surface area contributed by atoms with E-state index in [1.54, 1.807) is 13.0 Å². The molecule has 4 N–H and O–H groups in total. The number of anilines is 1. The molecule has 6 nitrogen and oxygen atoms in total. The van der Waals surface area contributed by atoms with Gasteiger partial charge >= 0.3 is 5.97 Å². The van der Waals surface area contributed by atoms with Crippen LogP contribution in [0.3, 0.4) is 0 Å². The fourth-order valence-corrected chi connectivity index (χ4v) is 2.34. The molecule has 98 valence electrons. The number of nitrogens with zero attached hydrogens (tertiary/aromatic N) is 1. The highest BCUT2D eigenvalue weighted by molar-refractivity contribution is 7.99. The van der Waals surface area contributed by atoms with Gasteiger partial charge in [-0.15, -0.1) is 0 Å². The van der Waals surface area contributed by atoms with Crippen molar-refractivity contribution in [3.05, 3.63) is 45.9 Å². The highest BCUT2D eigenvalue weighted by atomic mass is 32.2. The molecule has 0 spiro atoms. The Labute approximate surface area is 112 Å². The third kappa shape index (κ3) is 3.14. The summed E-state index contributed by atoms with van der Waals surface area (Å²) in [6.45, 7) is 1.72. The molecule has 0 bridgehead atoms. The Bertz CT molecular complexity index is 697. The van der Waals surface area contributed by atoms with Crippen molar-refractivity contribution in [2.24, 2.45) is 0 Å². The van der Waals surface area contributed by atoms with Gasteiger partial charge in [0.2, 0.25) is 0 Å². The van der Waals surface area contributed by atoms with Crippen molar-refractivity contribution in [3.8, 4) is 0 Å². The van der Waals surface area contributed by atoms with E-state index in [0.717, 1.165) is 0 Å². The molecule has 19 heavy (non-hydrogen) atoms. The standard InChI is InChI=1S/C12H11N3O3S/c1-6-4-10(16)15-12(14-6)19-9-3-2-7(11(17)18)5-8(9)13/h2-5H,13H2,1H3,(H,17,18)(H,14,15,16). The summed E-state index contributed by atoms with van der Waals surface area (Å²) in [4.78, 5) is 29.5. The van der Waals surface area contributed by atoms with Gasteiger partial charge in [0.25, 0.3) is 5.56 Å². The topological polar surface area (TPSA) is 109 Å². The van der Waals surface area contributed by atoms with E-state index < -0.39 is 5.97 Å². The summed E-state index contributed by atoms with van der Waals surface area (Å²) in [5, 5.41) is 9.26. The van der Waals surface area contributed by atoms with E-state index in [-0.39, 0.29) is 11.1 Å². The lowest BCUT2D eigenvalue weighted by molar-refractivity contribution is 0.0697. The Morgan fingerprint density at radius 3 is 2.74 bits per heavy atom. The molecule has 1 aromatic carbocycles. The van der Waals surface area contributed by atoms with Gasteiger partial charge in [0.1, 0.15) is 0 Å². The van der Waals surface area contributed by atoms with Crippen molar-refractivity contribution in [1.29, 1.82) is 0 Å². The van der Waals surface area contributed by atoms with Crippen LogP contribution in [0.1, 0.15) is 16.1 Å². The molecule has 1 heterocycles. The zero-order valence-electron chi connectivity index (χ0n) is 10.0. The smallest absolute Gasteiger partial charge is 0.335 e. The molecule has 1 aromatic heterocycles. The van der Waals surface area contributed by atoms with Gasteiger partial charge in [0, 0.05) is 22.3 Å². The number of carboxylic acids is 1. The maximum absolute atomic E-state index is 11.3. The van der Waals surface area contributed by atoms with E-state index in [1.165, 1.54) is 30.0 Å². The SMILES string of the molecule is Cc1cc(=O)[nH]c(Sc2ccc(C(=O)O)cc2N)n1. The summed E-state index contributed by atoms with van der Waals surface area (Å²) >= 11 is 1.18. The van der Waals surface area contributed by atoms with Crippen molar-refractivity contribution in [3.63, 3.8) is 0 Å². The molecule has 0 aliphatic rings. The molecule has 0 aliphatic carbocycles. The van der Waals surface area contributed by atoms with Crippen molar-refractivity contribution in [2.75, 3.05) is 5.73 Å². The van der Waals surface area contributed by atoms with Crippen LogP contribution in [0.25, 0.3) is 0 Å². The lowest BCUT2D eigenvalue weighted by Gasteiger charge is -2.06. The quantitative estimate of drug-likeness (QED) is 0.579. The van der Waals surface area contributed by atoms with Crippen LogP contribution >= 0.6 is 11.8 Å². The van der Waals surface area contributed by atoms with E-state index in [0.29, 0.717) is 21.4 Å². The minimum Gasteiger partial charge on any atom is -0.478 e. The van der Waals surface area contributed by atoms with Crippen LogP contribution in [-0.2, 0) is 0 Å². The summed E-state index contributed by atoms with van der Waals surface area (Å²) in [6.07, 6.45) is 0. The molecule has 2 aromatic rings. The number of carboxylic acid groups (broad SMARTS) is 1. The second-order valence-corrected chi connectivity index (χ2v) is 4.88. The largest absolute Gasteiger partial charge is 0.478 e. The number of H-pyrrole nitrogens is 1. The summed E-state index contributed by atoms with van der Waals surface area (Å²) < 4.78 is 0. The van der Waals surface area contributed by atoms with Crippen LogP contribution < -0.4 is 11.3 Å². The van der Waals surface area contributed by atoms with Crippen molar-refractivity contribution < 1.29 is 9.90 Å². The van der Waals surface area contributed by atoms with Gasteiger partial charge in [0.15, 0.2) is 5.16 Å². The zero-order chi connectivity index (χ0) is 14.0. The molecule has 2 rings (SSSR count). The molecule has 0 fully saturated rings. The van der Waals surface area contributed by atoms with E-state index in [4.69, 9.17) is 10.8 Å². The van der Waals surface area contributed by atoms with Crippen LogP contribution in [0, 0.1) is 6.92 Å². The maximum atomic E-state index is 11.3. The summed E-state index contributed by atoms with van der Waals surface area (Å²) in [6, 6.07) is 5.81. The molecule has 0 radical (unpaired) electrons. The normalized spacial score (nSPS) is 10.4. The average Bonchev–Trinajstić information content (AvgIpc) is 2.30. The first-order valence-electron chi connectivity index (χ1n) is 5.34. The Hall–Kier alpha value is -2.28. The summed E-state index contributed by atoms with van der Waals surface area (Å²) in [5.74, 6) is -1.04. The monoisotopic (exact) mass is 277 g/mol. The number of aromatic nitrogens is 2. The molecule has 0 saturated carbocycles. The van der Waals surface area contributed by atoms with Gasteiger partial charge < -0.3 is 15.8 Å². The van der Waals surface area contributed by atoms with Crippen LogP contribution in [0.5, 0.6) is 0 Å². The highest BCUT2D eigenvalue weighted by Crippen LogP contribution is 2.29. The summed E-state index contributed by atoms with van der Waals surface area (Å²) in [5.41, 5.74) is 6.59. The Kier molecular flexibility index (Phi) is 3.57. The number of aromatic amines is 1. The van der Waals surface area contributed by atoms with E-state index in [1.807, 2.05) is 0 Å². The zero-order valence-corrected chi connectivity index (χ0v) is 10.8. The number of carbonyl (C=O) groups is 1. The number of aryl methyl sites for hydroxylation is 1. The molecule has 7 heteroatoms. The average molecular weight is 277 g/mol. The number of rotatable bonds is 3. The number of hydrogen-bond acceptors (Lipinski definition) is 5. The number of nitrogens with one attached hydrogen (secondary N) is 1. The molecule has 0 aliphatic heterocycles. The van der Waals surface area contributed by atoms with Crippen LogP contribution in [0.2, 0.25) is 0 Å². The van der Waals surface area contributed by atoms with E-state index in [2.05, 4.69) is 9.97 Å². The van der Waals surface area contributed by atoms with Gasteiger partial charge in [-0.3, -0.25) is 4.79 Å². The molecule has 0 unspecified atom stereocenters. The number of nitrogens with two attached hydrogens (primary N) is 1. The summed E-state index contributed by atoms with van der Waals surface area (Å²) in [7, 11) is 0. The number of hydrogen-bond donors (Lipinski definition) is 3. The first kappa shape index (κ1) is 13.2. The highest BCUT2D eigenvalue weighted by Gasteiger charge is 2.09. The van der Waals surface area contributed by atoms with Crippen molar-refractivity contribution >= 4 is 23.4 Å². The second kappa shape index (κ2) is 5.15. The Morgan fingerprint density at radius 2 is 2.16 bits per heavy atom. The van der Waals surface area contributed by atoms with Gasteiger partial charge in [-0.25, -0.2) is 9.78 Å². The van der Waals surface area contributed by atoms with Gasteiger partial charge in [-0.05, 0) is 36.9 Å². The Balaban J connectivity index is 2.33. The molecule has 0 amide bonds. The fraction of sp³-hybridized carbons (Fsp3) is 0.0833. The van der Waals surface area contributed by atoms with Crippen molar-refractivity contribution in [1.82, 2.24) is 9.97 Å². The number of benzene rings is 1. The van der Waals surface area contributed by atoms with E-state index >= 15 is 0 Å². The first-order chi connectivity index (χ1) is 8.95. The maximum Gasteiger partial charge on any atom is 0.335 e. The molecular formula is C12H11N3O3S. The van der Waals surface area contributed by atoms with E-state index in [9.17, 15) is 9.59 Å². The molecule has 0 atom stereocenters. The molecule has 0 saturated heterocycles. The Morgan fingerprint density at radius 1 is 1.42 bits per heavy atom. The van der Waals surface area contributed by atoms with Gasteiger partial charge in [-0.2, -0.15) is 0 Å². The van der Waals surface area contributed by atoms with Crippen LogP contribution in [0.15, 0.2) is 39.1 Å². The lowest BCUT2D eigenvalue weighted by atomic mass is 10.2. The lowest BCUT2D eigenvalue weighted by Crippen LogP contribution is -2.08. The predicted molar refractivity (Wildman–Crippen MR) is 71.5 cm³/mol. The predicted octanol–water partition coefficient (Wildman–Crippen LogP) is 1.51. The van der Waals surface area contributed by atoms with Crippen molar-refractivity contribution in [2.45, 2.75) is 17.0 Å². The molecular weight excluding hydrogens is 266 g/mol. The third-order valence-corrected chi connectivity index (χ3v) is 3.29. The third-order valence-electron chi connectivity index (χ3n) is 2.31. The fourth-order valence-electron chi connectivity index (χ4n) is 1.48. The van der Waals surface area contributed by atoms with Gasteiger partial charge in [0.05, 0.1) is 5.56 Å². The number of nitrogen functional groups attached to an aromatic ring is 1. The van der Waals surface area contributed by atoms with Crippen LogP contribution in [-0.4, -0.2) is 21.0 Å². The minimum atomic E-state index is -1.04. The van der Waals surface area contributed by atoms with Gasteiger partial charge in [-0.1, -0.05) is 0 Å².